The van der Waals surface area contributed by atoms with E-state index in [9.17, 15) is 4.79 Å². The van der Waals surface area contributed by atoms with Crippen molar-refractivity contribution in [2.24, 2.45) is 0 Å². The lowest BCUT2D eigenvalue weighted by molar-refractivity contribution is -0.105. The van der Waals surface area contributed by atoms with Gasteiger partial charge in [0, 0.05) is 7.11 Å². The van der Waals surface area contributed by atoms with Gasteiger partial charge in [-0.25, -0.2) is 0 Å². The summed E-state index contributed by atoms with van der Waals surface area (Å²) < 4.78 is 9.94. The molecule has 0 spiro atoms. The van der Waals surface area contributed by atoms with Gasteiger partial charge in [0.2, 0.25) is 6.41 Å². The number of ether oxygens (including phenoxy) is 2. The summed E-state index contributed by atoms with van der Waals surface area (Å²) in [6.07, 6.45) is 0.606. The average Bonchev–Trinajstić information content (AvgIpc) is 2.17. The van der Waals surface area contributed by atoms with Gasteiger partial charge < -0.3 is 14.8 Å². The van der Waals surface area contributed by atoms with E-state index in [1.54, 1.807) is 12.1 Å². The molecule has 13 heavy (non-hydrogen) atoms. The zero-order valence-electron chi connectivity index (χ0n) is 7.32. The van der Waals surface area contributed by atoms with Gasteiger partial charge in [-0.3, -0.25) is 4.79 Å². The minimum atomic E-state index is 0.164. The first-order chi connectivity index (χ1) is 6.38. The van der Waals surface area contributed by atoms with Crippen molar-refractivity contribution in [2.45, 2.75) is 0 Å². The molecule has 0 heterocycles. The number of rotatable bonds is 5. The molecule has 70 valence electrons. The van der Waals surface area contributed by atoms with Crippen LogP contribution in [0.15, 0.2) is 24.3 Å². The Kier molecular flexibility index (Phi) is 3.78. The minimum absolute atomic E-state index is 0.164. The maximum absolute atomic E-state index is 10.2. The molecule has 0 radical (unpaired) electrons. The van der Waals surface area contributed by atoms with Gasteiger partial charge in [-0.15, -0.1) is 0 Å². The van der Waals surface area contributed by atoms with E-state index in [1.807, 2.05) is 12.1 Å². The summed E-state index contributed by atoms with van der Waals surface area (Å²) in [5.41, 5.74) is 0.634. The molecule has 0 aliphatic rings. The van der Waals surface area contributed by atoms with E-state index in [1.165, 1.54) is 7.11 Å². The smallest absolute Gasteiger partial charge is 0.211 e. The standard InChI is InChI=1S/C9H11NO3/c1-12-7-13-9-5-3-2-4-8(9)10-6-11/h2-6H,7H2,1H3,(H,10,11). The number of nitrogens with one attached hydrogen (secondary N) is 1. The monoisotopic (exact) mass is 181 g/mol. The van der Waals surface area contributed by atoms with Gasteiger partial charge in [-0.1, -0.05) is 12.1 Å². The van der Waals surface area contributed by atoms with Gasteiger partial charge >= 0.3 is 0 Å². The Morgan fingerprint density at radius 1 is 1.46 bits per heavy atom. The van der Waals surface area contributed by atoms with E-state index in [2.05, 4.69) is 5.32 Å². The van der Waals surface area contributed by atoms with Gasteiger partial charge in [0.25, 0.3) is 0 Å². The van der Waals surface area contributed by atoms with Crippen molar-refractivity contribution in [3.63, 3.8) is 0 Å². The Balaban J connectivity index is 2.71. The molecule has 1 aromatic rings. The summed E-state index contributed by atoms with van der Waals surface area (Å²) in [6.45, 7) is 0.164. The second kappa shape index (κ2) is 5.16. The van der Waals surface area contributed by atoms with E-state index < -0.39 is 0 Å². The predicted molar refractivity (Wildman–Crippen MR) is 48.6 cm³/mol. The highest BCUT2D eigenvalue weighted by atomic mass is 16.7. The molecule has 0 saturated carbocycles. The molecule has 1 aromatic carbocycles. The fraction of sp³-hybridized carbons (Fsp3) is 0.222. The molecule has 0 aliphatic heterocycles. The van der Waals surface area contributed by atoms with Crippen LogP contribution in [0.1, 0.15) is 0 Å². The molecule has 1 rings (SSSR count). The number of benzene rings is 1. The number of carbonyl (C=O) groups is 1. The van der Waals surface area contributed by atoms with Crippen LogP contribution in [0.25, 0.3) is 0 Å². The van der Waals surface area contributed by atoms with E-state index in [0.29, 0.717) is 17.8 Å². The van der Waals surface area contributed by atoms with Crippen LogP contribution in [0.2, 0.25) is 0 Å². The van der Waals surface area contributed by atoms with Crippen LogP contribution < -0.4 is 10.1 Å². The second-order valence-electron chi connectivity index (χ2n) is 2.31. The van der Waals surface area contributed by atoms with Crippen molar-refractivity contribution < 1.29 is 14.3 Å². The molecule has 0 aromatic heterocycles. The predicted octanol–water partition coefficient (Wildman–Crippen LogP) is 1.24. The van der Waals surface area contributed by atoms with Crippen LogP contribution in [0, 0.1) is 0 Å². The number of anilines is 1. The summed E-state index contributed by atoms with van der Waals surface area (Å²) >= 11 is 0. The summed E-state index contributed by atoms with van der Waals surface area (Å²) in [5.74, 6) is 0.594. The topological polar surface area (TPSA) is 47.6 Å². The van der Waals surface area contributed by atoms with Gasteiger partial charge in [0.15, 0.2) is 6.79 Å². The van der Waals surface area contributed by atoms with Gasteiger partial charge in [-0.05, 0) is 12.1 Å². The summed E-state index contributed by atoms with van der Waals surface area (Å²) in [5, 5.41) is 2.52. The normalized spacial score (nSPS) is 9.31. The number of hydrogen-bond donors (Lipinski definition) is 1. The first kappa shape index (κ1) is 9.54. The quantitative estimate of drug-likeness (QED) is 0.549. The zero-order valence-corrected chi connectivity index (χ0v) is 7.32. The molecular weight excluding hydrogens is 170 g/mol. The first-order valence-corrected chi connectivity index (χ1v) is 3.79. The molecule has 4 nitrogen and oxygen atoms in total. The highest BCUT2D eigenvalue weighted by Crippen LogP contribution is 2.22. The summed E-state index contributed by atoms with van der Waals surface area (Å²) in [7, 11) is 1.54. The Labute approximate surface area is 76.5 Å². The maximum atomic E-state index is 10.2. The lowest BCUT2D eigenvalue weighted by Gasteiger charge is -2.08. The van der Waals surface area contributed by atoms with E-state index in [4.69, 9.17) is 9.47 Å². The lowest BCUT2D eigenvalue weighted by Crippen LogP contribution is -2.02. The zero-order chi connectivity index (χ0) is 9.52. The summed E-state index contributed by atoms with van der Waals surface area (Å²) in [4.78, 5) is 10.2. The van der Waals surface area contributed by atoms with Crippen molar-refractivity contribution >= 4 is 12.1 Å². The van der Waals surface area contributed by atoms with Gasteiger partial charge in [0.1, 0.15) is 5.75 Å². The van der Waals surface area contributed by atoms with Crippen LogP contribution in [-0.4, -0.2) is 20.3 Å². The highest BCUT2D eigenvalue weighted by molar-refractivity contribution is 5.75. The molecular formula is C9H11NO3. The highest BCUT2D eigenvalue weighted by Gasteiger charge is 1.99. The van der Waals surface area contributed by atoms with Crippen LogP contribution >= 0.6 is 0 Å². The molecule has 1 N–H and O–H groups in total. The Morgan fingerprint density at radius 2 is 2.23 bits per heavy atom. The number of hydrogen-bond acceptors (Lipinski definition) is 3. The fourth-order valence-electron chi connectivity index (χ4n) is 0.898. The number of para-hydroxylation sites is 2. The Hall–Kier alpha value is -1.55. The van der Waals surface area contributed by atoms with Crippen molar-refractivity contribution in [1.82, 2.24) is 0 Å². The Bertz CT molecular complexity index is 275. The van der Waals surface area contributed by atoms with Crippen molar-refractivity contribution in [1.29, 1.82) is 0 Å². The molecule has 1 amide bonds. The van der Waals surface area contributed by atoms with Crippen LogP contribution in [-0.2, 0) is 9.53 Å². The van der Waals surface area contributed by atoms with Crippen LogP contribution in [0.3, 0.4) is 0 Å². The fourth-order valence-corrected chi connectivity index (χ4v) is 0.898. The van der Waals surface area contributed by atoms with Crippen molar-refractivity contribution in [2.75, 3.05) is 19.2 Å². The molecule has 0 bridgehead atoms. The molecule has 4 heteroatoms. The van der Waals surface area contributed by atoms with Crippen LogP contribution in [0.4, 0.5) is 5.69 Å². The third kappa shape index (κ3) is 2.76. The molecule has 0 unspecified atom stereocenters. The van der Waals surface area contributed by atoms with Crippen molar-refractivity contribution in [3.8, 4) is 5.75 Å². The number of carbonyl (C=O) groups excluding carboxylic acids is 1. The largest absolute Gasteiger partial charge is 0.465 e. The van der Waals surface area contributed by atoms with Gasteiger partial charge in [0.05, 0.1) is 5.69 Å². The summed E-state index contributed by atoms with van der Waals surface area (Å²) in [6, 6.07) is 7.14. The SMILES string of the molecule is COCOc1ccccc1NC=O. The average molecular weight is 181 g/mol. The van der Waals surface area contributed by atoms with E-state index in [0.717, 1.165) is 0 Å². The number of methoxy groups -OCH3 is 1. The minimum Gasteiger partial charge on any atom is -0.465 e. The number of amides is 1. The lowest BCUT2D eigenvalue weighted by atomic mass is 10.3. The molecule has 0 aliphatic carbocycles. The van der Waals surface area contributed by atoms with E-state index >= 15 is 0 Å². The third-order valence-electron chi connectivity index (χ3n) is 1.43. The molecule has 0 saturated heterocycles. The molecule has 0 atom stereocenters. The van der Waals surface area contributed by atoms with Crippen LogP contribution in [0.5, 0.6) is 5.75 Å². The Morgan fingerprint density at radius 3 is 2.92 bits per heavy atom. The van der Waals surface area contributed by atoms with E-state index in [-0.39, 0.29) is 6.79 Å². The first-order valence-electron chi connectivity index (χ1n) is 3.79. The van der Waals surface area contributed by atoms with Gasteiger partial charge in [-0.2, -0.15) is 0 Å². The molecule has 0 fully saturated rings. The second-order valence-corrected chi connectivity index (χ2v) is 2.31. The third-order valence-corrected chi connectivity index (χ3v) is 1.43. The maximum Gasteiger partial charge on any atom is 0.211 e. The van der Waals surface area contributed by atoms with Crippen molar-refractivity contribution in [3.05, 3.63) is 24.3 Å².